The van der Waals surface area contributed by atoms with Crippen LogP contribution in [0.2, 0.25) is 0 Å². The van der Waals surface area contributed by atoms with E-state index in [1.807, 2.05) is 13.0 Å². The lowest BCUT2D eigenvalue weighted by atomic mass is 10.1. The molecule has 144 valence electrons. The average Bonchev–Trinajstić information content (AvgIpc) is 2.56. The number of ether oxygens (including phenoxy) is 1. The van der Waals surface area contributed by atoms with Crippen LogP contribution in [0.1, 0.15) is 82.5 Å². The highest BCUT2D eigenvalue weighted by Gasteiger charge is 2.17. The monoisotopic (exact) mass is 349 g/mol. The van der Waals surface area contributed by atoms with E-state index in [4.69, 9.17) is 4.74 Å². The van der Waals surface area contributed by atoms with Crippen molar-refractivity contribution in [2.24, 2.45) is 0 Å². The molecule has 0 amide bonds. The number of hydrogen-bond acceptors (Lipinski definition) is 2. The lowest BCUT2D eigenvalue weighted by Crippen LogP contribution is -2.39. The summed E-state index contributed by atoms with van der Waals surface area (Å²) in [6.45, 7) is 6.52. The molecule has 0 saturated heterocycles. The molecule has 1 heterocycles. The van der Waals surface area contributed by atoms with E-state index in [-0.39, 0.29) is 0 Å². The fraction of sp³-hybridized carbons (Fsp3) is 0.773. The predicted molar refractivity (Wildman–Crippen MR) is 108 cm³/mol. The summed E-state index contributed by atoms with van der Waals surface area (Å²) in [5, 5.41) is 0. The zero-order chi connectivity index (χ0) is 18.5. The van der Waals surface area contributed by atoms with E-state index in [2.05, 4.69) is 32.1 Å². The first kappa shape index (κ1) is 22.0. The van der Waals surface area contributed by atoms with E-state index in [9.17, 15) is 0 Å². The van der Waals surface area contributed by atoms with Crippen molar-refractivity contribution in [3.8, 4) is 5.75 Å². The third-order valence-corrected chi connectivity index (χ3v) is 5.02. The summed E-state index contributed by atoms with van der Waals surface area (Å²) in [5.41, 5.74) is 2.15. The van der Waals surface area contributed by atoms with E-state index in [0.29, 0.717) is 0 Å². The second kappa shape index (κ2) is 12.3. The molecular formula is C22H41N2O+. The van der Waals surface area contributed by atoms with E-state index < -0.39 is 0 Å². The molecule has 3 heteroatoms. The van der Waals surface area contributed by atoms with Gasteiger partial charge in [0.2, 0.25) is 0 Å². The van der Waals surface area contributed by atoms with Gasteiger partial charge in [0.05, 0.1) is 39.1 Å². The van der Waals surface area contributed by atoms with Crippen LogP contribution in [0.4, 0.5) is 0 Å². The highest BCUT2D eigenvalue weighted by molar-refractivity contribution is 5.27. The molecule has 0 bridgehead atoms. The molecular weight excluding hydrogens is 308 g/mol. The topological polar surface area (TPSA) is 22.1 Å². The molecule has 0 N–H and O–H groups in total. The van der Waals surface area contributed by atoms with Gasteiger partial charge in [-0.3, -0.25) is 0 Å². The van der Waals surface area contributed by atoms with Gasteiger partial charge in [0, 0.05) is 0 Å². The van der Waals surface area contributed by atoms with Gasteiger partial charge in [0.1, 0.15) is 12.3 Å². The minimum absolute atomic E-state index is 0.878. The minimum Gasteiger partial charge on any atom is -0.495 e. The standard InChI is InChI=1S/C22H41N2O/c1-6-7-8-9-10-11-12-13-14-15-18-24(3,4)19-21-16-17-22(25-5)20(2)23-21/h16-17H,6-15,18-19H2,1-5H3/q+1. The molecule has 25 heavy (non-hydrogen) atoms. The molecule has 0 fully saturated rings. The first-order chi connectivity index (χ1) is 12.0. The van der Waals surface area contributed by atoms with Gasteiger partial charge in [-0.05, 0) is 31.9 Å². The number of rotatable bonds is 14. The van der Waals surface area contributed by atoms with E-state index in [1.54, 1.807) is 7.11 Å². The number of nitrogens with zero attached hydrogens (tertiary/aromatic N) is 2. The van der Waals surface area contributed by atoms with Crippen molar-refractivity contribution >= 4 is 0 Å². The van der Waals surface area contributed by atoms with Gasteiger partial charge in [0.15, 0.2) is 0 Å². The quantitative estimate of drug-likeness (QED) is 0.308. The van der Waals surface area contributed by atoms with Crippen molar-refractivity contribution in [1.82, 2.24) is 4.98 Å². The number of aryl methyl sites for hydroxylation is 1. The second-order valence-corrected chi connectivity index (χ2v) is 8.09. The van der Waals surface area contributed by atoms with Crippen molar-refractivity contribution < 1.29 is 9.22 Å². The van der Waals surface area contributed by atoms with Crippen LogP contribution in [-0.2, 0) is 6.54 Å². The number of methoxy groups -OCH3 is 1. The largest absolute Gasteiger partial charge is 0.495 e. The molecule has 0 atom stereocenters. The van der Waals surface area contributed by atoms with Gasteiger partial charge in [-0.25, -0.2) is 4.98 Å². The lowest BCUT2D eigenvalue weighted by Gasteiger charge is -2.29. The maximum atomic E-state index is 5.30. The average molecular weight is 350 g/mol. The van der Waals surface area contributed by atoms with Crippen molar-refractivity contribution in [3.63, 3.8) is 0 Å². The van der Waals surface area contributed by atoms with Gasteiger partial charge in [-0.1, -0.05) is 58.3 Å². The molecule has 1 rings (SSSR count). The predicted octanol–water partition coefficient (Wildman–Crippen LogP) is 5.90. The van der Waals surface area contributed by atoms with Crippen LogP contribution in [-0.4, -0.2) is 37.2 Å². The molecule has 0 unspecified atom stereocenters. The summed E-state index contributed by atoms with van der Waals surface area (Å²) in [7, 11) is 6.33. The molecule has 0 aromatic carbocycles. The summed E-state index contributed by atoms with van der Waals surface area (Å²) >= 11 is 0. The van der Waals surface area contributed by atoms with Crippen LogP contribution in [0.15, 0.2) is 12.1 Å². The van der Waals surface area contributed by atoms with Crippen LogP contribution in [0.5, 0.6) is 5.75 Å². The van der Waals surface area contributed by atoms with E-state index in [0.717, 1.165) is 28.2 Å². The molecule has 0 saturated carbocycles. The number of aromatic nitrogens is 1. The Bertz CT molecular complexity index is 471. The Balaban J connectivity index is 2.15. The van der Waals surface area contributed by atoms with Crippen molar-refractivity contribution in [2.45, 2.75) is 84.6 Å². The minimum atomic E-state index is 0.878. The summed E-state index contributed by atoms with van der Waals surface area (Å²) in [4.78, 5) is 4.69. The molecule has 3 nitrogen and oxygen atoms in total. The highest BCUT2D eigenvalue weighted by Crippen LogP contribution is 2.18. The van der Waals surface area contributed by atoms with Gasteiger partial charge >= 0.3 is 0 Å². The SMILES string of the molecule is CCCCCCCCCCCC[N+](C)(C)Cc1ccc(OC)c(C)n1. The number of quaternary nitrogens is 1. The van der Waals surface area contributed by atoms with Gasteiger partial charge in [-0.2, -0.15) is 0 Å². The van der Waals surface area contributed by atoms with Crippen LogP contribution >= 0.6 is 0 Å². The lowest BCUT2D eigenvalue weighted by molar-refractivity contribution is -0.904. The molecule has 0 radical (unpaired) electrons. The second-order valence-electron chi connectivity index (χ2n) is 8.09. The highest BCUT2D eigenvalue weighted by atomic mass is 16.5. The van der Waals surface area contributed by atoms with Gasteiger partial charge in [-0.15, -0.1) is 0 Å². The van der Waals surface area contributed by atoms with E-state index >= 15 is 0 Å². The Morgan fingerprint density at radius 2 is 1.44 bits per heavy atom. The Hall–Kier alpha value is -1.09. The maximum absolute atomic E-state index is 5.30. The fourth-order valence-corrected chi connectivity index (χ4v) is 3.45. The zero-order valence-electron chi connectivity index (χ0n) is 17.4. The Morgan fingerprint density at radius 1 is 0.880 bits per heavy atom. The summed E-state index contributed by atoms with van der Waals surface area (Å²) < 4.78 is 6.31. The number of unbranched alkanes of at least 4 members (excludes halogenated alkanes) is 9. The Morgan fingerprint density at radius 3 is 1.96 bits per heavy atom. The van der Waals surface area contributed by atoms with Crippen LogP contribution in [0, 0.1) is 6.92 Å². The Labute approximate surface area is 156 Å². The Kier molecular flexibility index (Phi) is 10.8. The molecule has 0 aliphatic rings. The number of hydrogen-bond donors (Lipinski definition) is 0. The molecule has 1 aromatic rings. The number of pyridine rings is 1. The first-order valence-corrected chi connectivity index (χ1v) is 10.3. The fourth-order valence-electron chi connectivity index (χ4n) is 3.45. The van der Waals surface area contributed by atoms with Gasteiger partial charge in [0.25, 0.3) is 0 Å². The van der Waals surface area contributed by atoms with Crippen molar-refractivity contribution in [1.29, 1.82) is 0 Å². The van der Waals surface area contributed by atoms with Crippen LogP contribution in [0.3, 0.4) is 0 Å². The summed E-state index contributed by atoms with van der Waals surface area (Å²) in [5.74, 6) is 0.878. The summed E-state index contributed by atoms with van der Waals surface area (Å²) in [6.07, 6.45) is 14.0. The summed E-state index contributed by atoms with van der Waals surface area (Å²) in [6, 6.07) is 4.14. The third kappa shape index (κ3) is 9.84. The molecule has 0 aliphatic heterocycles. The van der Waals surface area contributed by atoms with E-state index in [1.165, 1.54) is 70.8 Å². The van der Waals surface area contributed by atoms with Gasteiger partial charge < -0.3 is 9.22 Å². The third-order valence-electron chi connectivity index (χ3n) is 5.02. The van der Waals surface area contributed by atoms with Crippen LogP contribution in [0.25, 0.3) is 0 Å². The molecule has 0 aliphatic carbocycles. The van der Waals surface area contributed by atoms with Crippen LogP contribution < -0.4 is 4.74 Å². The van der Waals surface area contributed by atoms with Crippen molar-refractivity contribution in [3.05, 3.63) is 23.5 Å². The first-order valence-electron chi connectivity index (χ1n) is 10.3. The molecule has 1 aromatic heterocycles. The smallest absolute Gasteiger partial charge is 0.140 e. The van der Waals surface area contributed by atoms with Crippen molar-refractivity contribution in [2.75, 3.05) is 27.7 Å². The normalized spacial score (nSPS) is 11.7. The molecule has 0 spiro atoms. The maximum Gasteiger partial charge on any atom is 0.140 e. The zero-order valence-corrected chi connectivity index (χ0v) is 17.4.